The van der Waals surface area contributed by atoms with E-state index in [4.69, 9.17) is 10.00 Å². The number of amides is 1. The number of rotatable bonds is 6. The number of hydrogen-bond acceptors (Lipinski definition) is 6. The van der Waals surface area contributed by atoms with Crippen LogP contribution in [0.1, 0.15) is 34.1 Å². The van der Waals surface area contributed by atoms with Gasteiger partial charge in [0.2, 0.25) is 0 Å². The van der Waals surface area contributed by atoms with Gasteiger partial charge >= 0.3 is 0 Å². The second-order valence-electron chi connectivity index (χ2n) is 6.43. The summed E-state index contributed by atoms with van der Waals surface area (Å²) in [6.45, 7) is 4.43. The van der Waals surface area contributed by atoms with Gasteiger partial charge in [0.05, 0.1) is 24.1 Å². The first-order chi connectivity index (χ1) is 14.5. The number of nitrogens with zero attached hydrogens (tertiary/aromatic N) is 3. The molecule has 2 aromatic carbocycles. The van der Waals surface area contributed by atoms with Crippen LogP contribution in [0.5, 0.6) is 11.5 Å². The van der Waals surface area contributed by atoms with Crippen LogP contribution in [0.2, 0.25) is 0 Å². The van der Waals surface area contributed by atoms with E-state index in [9.17, 15) is 9.90 Å². The topological polar surface area (TPSA) is 108 Å². The molecule has 0 bridgehead atoms. The third-order valence-electron chi connectivity index (χ3n) is 4.20. The molecule has 30 heavy (non-hydrogen) atoms. The fourth-order valence-electron chi connectivity index (χ4n) is 2.80. The Morgan fingerprint density at radius 3 is 2.70 bits per heavy atom. The molecule has 1 heterocycles. The van der Waals surface area contributed by atoms with Gasteiger partial charge in [-0.3, -0.25) is 9.78 Å². The minimum atomic E-state index is -0.486. The zero-order valence-corrected chi connectivity index (χ0v) is 16.6. The van der Waals surface area contributed by atoms with E-state index in [1.165, 1.54) is 24.4 Å². The van der Waals surface area contributed by atoms with Crippen molar-refractivity contribution in [1.29, 1.82) is 5.26 Å². The summed E-state index contributed by atoms with van der Waals surface area (Å²) in [4.78, 5) is 16.8. The van der Waals surface area contributed by atoms with Crippen molar-refractivity contribution in [3.8, 4) is 28.8 Å². The number of carbonyl (C=O) groups excluding carboxylic acids is 1. The van der Waals surface area contributed by atoms with E-state index in [0.717, 1.165) is 28.3 Å². The summed E-state index contributed by atoms with van der Waals surface area (Å²) in [5, 5.41) is 22.5. The maximum absolute atomic E-state index is 12.2. The van der Waals surface area contributed by atoms with Crippen LogP contribution in [0.15, 0.2) is 59.7 Å². The van der Waals surface area contributed by atoms with Gasteiger partial charge < -0.3 is 9.84 Å². The molecule has 0 aliphatic rings. The molecule has 2 N–H and O–H groups in total. The maximum Gasteiger partial charge on any atom is 0.271 e. The molecule has 0 aliphatic carbocycles. The van der Waals surface area contributed by atoms with Crippen molar-refractivity contribution in [3.05, 3.63) is 77.0 Å². The van der Waals surface area contributed by atoms with Gasteiger partial charge in [0.1, 0.15) is 17.6 Å². The summed E-state index contributed by atoms with van der Waals surface area (Å²) in [6, 6.07) is 17.2. The lowest BCUT2D eigenvalue weighted by Crippen LogP contribution is -2.17. The molecule has 1 aromatic heterocycles. The zero-order valence-electron chi connectivity index (χ0n) is 16.6. The van der Waals surface area contributed by atoms with E-state index in [-0.39, 0.29) is 16.9 Å². The summed E-state index contributed by atoms with van der Waals surface area (Å²) in [5.74, 6) is 0.138. The number of hydrogen-bond donors (Lipinski definition) is 2. The number of aromatic nitrogens is 1. The number of aromatic hydroxyl groups is 1. The molecule has 1 amide bonds. The van der Waals surface area contributed by atoms with Crippen molar-refractivity contribution in [2.24, 2.45) is 5.10 Å². The molecule has 7 nitrogen and oxygen atoms in total. The summed E-state index contributed by atoms with van der Waals surface area (Å²) >= 11 is 0. The fraction of sp³-hybridized carbons (Fsp3) is 0.130. The number of carbonyl (C=O) groups is 1. The fourth-order valence-corrected chi connectivity index (χ4v) is 2.80. The van der Waals surface area contributed by atoms with Crippen LogP contribution >= 0.6 is 0 Å². The van der Waals surface area contributed by atoms with Gasteiger partial charge in [0.15, 0.2) is 0 Å². The maximum atomic E-state index is 12.2. The molecule has 150 valence electrons. The van der Waals surface area contributed by atoms with Crippen LogP contribution < -0.4 is 10.2 Å². The molecule has 0 spiro atoms. The van der Waals surface area contributed by atoms with Crippen molar-refractivity contribution >= 4 is 12.1 Å². The average molecular weight is 400 g/mol. The number of nitriles is 1. The Morgan fingerprint density at radius 1 is 1.23 bits per heavy atom. The number of pyridine rings is 1. The molecule has 3 aromatic rings. The molecular weight excluding hydrogens is 380 g/mol. The largest absolute Gasteiger partial charge is 0.507 e. The lowest BCUT2D eigenvalue weighted by molar-refractivity contribution is 0.0955. The van der Waals surface area contributed by atoms with E-state index >= 15 is 0 Å². The molecule has 3 rings (SSSR count). The van der Waals surface area contributed by atoms with Gasteiger partial charge in [0.25, 0.3) is 5.91 Å². The van der Waals surface area contributed by atoms with Gasteiger partial charge in [-0.1, -0.05) is 0 Å². The lowest BCUT2D eigenvalue weighted by atomic mass is 10.1. The van der Waals surface area contributed by atoms with Crippen LogP contribution in [0, 0.1) is 18.3 Å². The van der Waals surface area contributed by atoms with Gasteiger partial charge in [-0.25, -0.2) is 5.43 Å². The van der Waals surface area contributed by atoms with E-state index in [2.05, 4.69) is 15.5 Å². The Balaban J connectivity index is 1.74. The molecule has 0 unspecified atom stereocenters. The van der Waals surface area contributed by atoms with Gasteiger partial charge in [0, 0.05) is 16.8 Å². The Morgan fingerprint density at radius 2 is 2.00 bits per heavy atom. The standard InChI is InChI=1S/C23H20N4O3/c1-3-30-20-7-4-17(5-8-20)21-11-16(10-15(2)26-21)14-25-27-23(29)18-6-9-22(28)19(12-18)13-24/h4-12,14,28H,3H2,1-2H3,(H,27,29). The van der Waals surface area contributed by atoms with E-state index in [1.54, 1.807) is 0 Å². The minimum Gasteiger partial charge on any atom is -0.507 e. The Hall–Kier alpha value is -4.18. The molecule has 0 saturated carbocycles. The second-order valence-corrected chi connectivity index (χ2v) is 6.43. The molecule has 0 fully saturated rings. The van der Waals surface area contributed by atoms with Crippen molar-refractivity contribution < 1.29 is 14.6 Å². The van der Waals surface area contributed by atoms with E-state index < -0.39 is 5.91 Å². The van der Waals surface area contributed by atoms with Crippen LogP contribution in [-0.4, -0.2) is 28.8 Å². The molecule has 0 atom stereocenters. The first-order valence-corrected chi connectivity index (χ1v) is 9.28. The molecular formula is C23H20N4O3. The third kappa shape index (κ3) is 5.00. The quantitative estimate of drug-likeness (QED) is 0.483. The van der Waals surface area contributed by atoms with E-state index in [1.807, 2.05) is 56.3 Å². The molecule has 7 heteroatoms. The first kappa shape index (κ1) is 20.6. The Labute approximate surface area is 174 Å². The van der Waals surface area contributed by atoms with Crippen molar-refractivity contribution in [3.63, 3.8) is 0 Å². The number of ether oxygens (including phenoxy) is 1. The van der Waals surface area contributed by atoms with Crippen molar-refractivity contribution in [2.45, 2.75) is 13.8 Å². The highest BCUT2D eigenvalue weighted by Gasteiger charge is 2.08. The molecule has 0 aliphatic heterocycles. The lowest BCUT2D eigenvalue weighted by Gasteiger charge is -2.07. The van der Waals surface area contributed by atoms with Crippen LogP contribution in [-0.2, 0) is 0 Å². The summed E-state index contributed by atoms with van der Waals surface area (Å²) in [7, 11) is 0. The average Bonchev–Trinajstić information content (AvgIpc) is 2.74. The van der Waals surface area contributed by atoms with Crippen molar-refractivity contribution in [2.75, 3.05) is 6.61 Å². The van der Waals surface area contributed by atoms with Gasteiger partial charge in [-0.05, 0) is 74.0 Å². The number of phenols is 1. The predicted octanol–water partition coefficient (Wildman–Crippen LogP) is 3.80. The third-order valence-corrected chi connectivity index (χ3v) is 4.20. The molecule has 0 radical (unpaired) electrons. The molecule has 0 saturated heterocycles. The Kier molecular flexibility index (Phi) is 6.40. The number of hydrazone groups is 1. The number of nitrogens with one attached hydrogen (secondary N) is 1. The van der Waals surface area contributed by atoms with Crippen LogP contribution in [0.3, 0.4) is 0 Å². The van der Waals surface area contributed by atoms with E-state index in [0.29, 0.717) is 6.61 Å². The number of phenolic OH excluding ortho intramolecular Hbond substituents is 1. The Bertz CT molecular complexity index is 1130. The highest BCUT2D eigenvalue weighted by Crippen LogP contribution is 2.22. The first-order valence-electron chi connectivity index (χ1n) is 9.28. The van der Waals surface area contributed by atoms with Crippen molar-refractivity contribution in [1.82, 2.24) is 10.4 Å². The van der Waals surface area contributed by atoms with Crippen LogP contribution in [0.25, 0.3) is 11.3 Å². The highest BCUT2D eigenvalue weighted by atomic mass is 16.5. The van der Waals surface area contributed by atoms with Gasteiger partial charge in [-0.15, -0.1) is 0 Å². The zero-order chi connectivity index (χ0) is 21.5. The smallest absolute Gasteiger partial charge is 0.271 e. The SMILES string of the molecule is CCOc1ccc(-c2cc(C=NNC(=O)c3ccc(O)c(C#N)c3)cc(C)n2)cc1. The normalized spacial score (nSPS) is 10.6. The summed E-state index contributed by atoms with van der Waals surface area (Å²) < 4.78 is 5.46. The predicted molar refractivity (Wildman–Crippen MR) is 113 cm³/mol. The summed E-state index contributed by atoms with van der Waals surface area (Å²) in [6.07, 6.45) is 1.52. The van der Waals surface area contributed by atoms with Gasteiger partial charge in [-0.2, -0.15) is 10.4 Å². The second kappa shape index (κ2) is 9.34. The number of aryl methyl sites for hydroxylation is 1. The summed E-state index contributed by atoms with van der Waals surface area (Å²) in [5.41, 5.74) is 5.97. The highest BCUT2D eigenvalue weighted by molar-refractivity contribution is 5.95. The monoisotopic (exact) mass is 400 g/mol. The van der Waals surface area contributed by atoms with Crippen LogP contribution in [0.4, 0.5) is 0 Å². The minimum absolute atomic E-state index is 0.0244. The number of benzene rings is 2.